The highest BCUT2D eigenvalue weighted by atomic mass is 32.1. The fraction of sp³-hybridized carbons (Fsp3) is 0.333. The summed E-state index contributed by atoms with van der Waals surface area (Å²) in [4.78, 5) is 2.60. The molecule has 1 unspecified atom stereocenters. The van der Waals surface area contributed by atoms with Crippen molar-refractivity contribution in [1.29, 1.82) is 0 Å². The van der Waals surface area contributed by atoms with Crippen molar-refractivity contribution < 1.29 is 10.2 Å². The molecule has 3 nitrogen and oxygen atoms in total. The minimum atomic E-state index is -0.0288. The zero-order chi connectivity index (χ0) is 13.4. The minimum Gasteiger partial charge on any atom is -0.504 e. The standard InChI is InChI=1S/C15H17NO2S/c1-9-2-3-15(19-9)12-8-16-5-4-10-6-13(17)14(18)7-11(10)12/h2-3,6-7,12,16-18H,4-5,8H2,1H3. The maximum absolute atomic E-state index is 9.77. The number of rotatable bonds is 1. The SMILES string of the molecule is Cc1ccc(C2CNCCc3cc(O)c(O)cc32)s1. The zero-order valence-electron chi connectivity index (χ0n) is 10.8. The van der Waals surface area contributed by atoms with Gasteiger partial charge >= 0.3 is 0 Å². The number of aromatic hydroxyl groups is 2. The normalized spacial score (nSPS) is 18.9. The van der Waals surface area contributed by atoms with Crippen molar-refractivity contribution >= 4 is 11.3 Å². The fourth-order valence-corrected chi connectivity index (χ4v) is 3.65. The quantitative estimate of drug-likeness (QED) is 0.701. The van der Waals surface area contributed by atoms with Crippen LogP contribution in [-0.2, 0) is 6.42 Å². The zero-order valence-corrected chi connectivity index (χ0v) is 11.6. The van der Waals surface area contributed by atoms with Gasteiger partial charge in [0.1, 0.15) is 0 Å². The molecule has 0 saturated heterocycles. The van der Waals surface area contributed by atoms with Crippen molar-refractivity contribution in [2.75, 3.05) is 13.1 Å². The number of fused-ring (bicyclic) bond motifs is 1. The molecule has 0 amide bonds. The highest BCUT2D eigenvalue weighted by Gasteiger charge is 2.23. The number of nitrogens with one attached hydrogen (secondary N) is 1. The van der Waals surface area contributed by atoms with E-state index in [2.05, 4.69) is 24.4 Å². The van der Waals surface area contributed by atoms with Crippen LogP contribution in [0, 0.1) is 6.92 Å². The van der Waals surface area contributed by atoms with Crippen molar-refractivity contribution in [3.8, 4) is 11.5 Å². The summed E-state index contributed by atoms with van der Waals surface area (Å²) in [6, 6.07) is 7.71. The van der Waals surface area contributed by atoms with Gasteiger partial charge in [-0.25, -0.2) is 0 Å². The Morgan fingerprint density at radius 2 is 2.00 bits per heavy atom. The molecule has 0 saturated carbocycles. The first-order chi connectivity index (χ1) is 9.15. The molecule has 2 aromatic rings. The first-order valence-corrected chi connectivity index (χ1v) is 7.28. The topological polar surface area (TPSA) is 52.5 Å². The minimum absolute atomic E-state index is 0.0261. The number of phenols is 2. The van der Waals surface area contributed by atoms with E-state index in [1.54, 1.807) is 23.5 Å². The fourth-order valence-electron chi connectivity index (χ4n) is 2.65. The van der Waals surface area contributed by atoms with Crippen LogP contribution in [0.15, 0.2) is 24.3 Å². The Kier molecular flexibility index (Phi) is 3.21. The second-order valence-electron chi connectivity index (χ2n) is 4.99. The van der Waals surface area contributed by atoms with Crippen LogP contribution in [-0.4, -0.2) is 23.3 Å². The summed E-state index contributed by atoms with van der Waals surface area (Å²) in [6.45, 7) is 3.88. The Balaban J connectivity index is 2.10. The first-order valence-electron chi connectivity index (χ1n) is 6.47. The molecule has 0 fully saturated rings. The van der Waals surface area contributed by atoms with Gasteiger partial charge in [-0.2, -0.15) is 0 Å². The first kappa shape index (κ1) is 12.5. The van der Waals surface area contributed by atoms with Crippen molar-refractivity contribution in [2.24, 2.45) is 0 Å². The molecule has 100 valence electrons. The lowest BCUT2D eigenvalue weighted by molar-refractivity contribution is 0.402. The van der Waals surface area contributed by atoms with Gasteiger partial charge in [0.05, 0.1) is 0 Å². The van der Waals surface area contributed by atoms with Gasteiger partial charge in [-0.05, 0) is 55.3 Å². The van der Waals surface area contributed by atoms with Gasteiger partial charge in [0.15, 0.2) is 11.5 Å². The molecular formula is C15H17NO2S. The van der Waals surface area contributed by atoms with E-state index >= 15 is 0 Å². The Bertz CT molecular complexity index is 606. The van der Waals surface area contributed by atoms with Crippen molar-refractivity contribution in [3.63, 3.8) is 0 Å². The molecule has 4 heteroatoms. The molecule has 1 aliphatic heterocycles. The largest absolute Gasteiger partial charge is 0.504 e. The Labute approximate surface area is 116 Å². The molecule has 0 aliphatic carbocycles. The summed E-state index contributed by atoms with van der Waals surface area (Å²) in [5, 5.41) is 22.9. The number of benzene rings is 1. The van der Waals surface area contributed by atoms with E-state index in [0.29, 0.717) is 0 Å². The Morgan fingerprint density at radius 1 is 1.21 bits per heavy atom. The molecule has 3 rings (SSSR count). The van der Waals surface area contributed by atoms with E-state index in [0.717, 1.165) is 30.6 Å². The summed E-state index contributed by atoms with van der Waals surface area (Å²) in [6.07, 6.45) is 0.879. The van der Waals surface area contributed by atoms with Crippen molar-refractivity contribution in [3.05, 3.63) is 45.1 Å². The summed E-state index contributed by atoms with van der Waals surface area (Å²) >= 11 is 1.79. The lowest BCUT2D eigenvalue weighted by Crippen LogP contribution is -2.20. The predicted molar refractivity (Wildman–Crippen MR) is 77.2 cm³/mol. The van der Waals surface area contributed by atoms with Crippen LogP contribution in [0.5, 0.6) is 11.5 Å². The van der Waals surface area contributed by atoms with Crippen LogP contribution in [0.1, 0.15) is 26.8 Å². The molecule has 2 heterocycles. The third kappa shape index (κ3) is 2.33. The molecule has 1 atom stereocenters. The maximum atomic E-state index is 9.77. The smallest absolute Gasteiger partial charge is 0.157 e. The number of phenolic OH excluding ortho intramolecular Hbond substituents is 2. The van der Waals surface area contributed by atoms with Crippen LogP contribution in [0.25, 0.3) is 0 Å². The molecule has 1 aromatic carbocycles. The van der Waals surface area contributed by atoms with E-state index in [9.17, 15) is 10.2 Å². The Hall–Kier alpha value is -1.52. The molecule has 0 radical (unpaired) electrons. The van der Waals surface area contributed by atoms with Gasteiger partial charge in [0.25, 0.3) is 0 Å². The van der Waals surface area contributed by atoms with Crippen LogP contribution in [0.3, 0.4) is 0 Å². The number of aryl methyl sites for hydroxylation is 1. The second kappa shape index (κ2) is 4.87. The maximum Gasteiger partial charge on any atom is 0.157 e. The summed E-state index contributed by atoms with van der Waals surface area (Å²) in [7, 11) is 0. The number of hydrogen-bond acceptors (Lipinski definition) is 4. The van der Waals surface area contributed by atoms with Crippen LogP contribution in [0.4, 0.5) is 0 Å². The molecule has 0 spiro atoms. The average Bonchev–Trinajstić information content (AvgIpc) is 2.70. The van der Waals surface area contributed by atoms with Gasteiger partial charge in [0, 0.05) is 22.2 Å². The molecular weight excluding hydrogens is 258 g/mol. The van der Waals surface area contributed by atoms with E-state index in [1.807, 2.05) is 0 Å². The molecule has 1 aromatic heterocycles. The van der Waals surface area contributed by atoms with Crippen LogP contribution in [0.2, 0.25) is 0 Å². The molecule has 3 N–H and O–H groups in total. The van der Waals surface area contributed by atoms with Crippen molar-refractivity contribution in [1.82, 2.24) is 5.32 Å². The number of thiophene rings is 1. The van der Waals surface area contributed by atoms with E-state index in [-0.39, 0.29) is 17.4 Å². The third-order valence-corrected chi connectivity index (χ3v) is 4.75. The summed E-state index contributed by atoms with van der Waals surface area (Å²) in [5.41, 5.74) is 2.25. The summed E-state index contributed by atoms with van der Waals surface area (Å²) < 4.78 is 0. The van der Waals surface area contributed by atoms with Gasteiger partial charge in [-0.3, -0.25) is 0 Å². The van der Waals surface area contributed by atoms with E-state index < -0.39 is 0 Å². The molecule has 0 bridgehead atoms. The number of hydrogen-bond donors (Lipinski definition) is 3. The monoisotopic (exact) mass is 275 g/mol. The lowest BCUT2D eigenvalue weighted by atomic mass is 9.92. The van der Waals surface area contributed by atoms with Gasteiger partial charge in [-0.1, -0.05) is 0 Å². The summed E-state index contributed by atoms with van der Waals surface area (Å²) in [5.74, 6) is 0.198. The second-order valence-corrected chi connectivity index (χ2v) is 6.31. The molecule has 19 heavy (non-hydrogen) atoms. The highest BCUT2D eigenvalue weighted by Crippen LogP contribution is 2.38. The Morgan fingerprint density at radius 3 is 2.74 bits per heavy atom. The third-order valence-electron chi connectivity index (χ3n) is 3.64. The van der Waals surface area contributed by atoms with Gasteiger partial charge < -0.3 is 15.5 Å². The highest BCUT2D eigenvalue weighted by molar-refractivity contribution is 7.12. The van der Waals surface area contributed by atoms with Crippen molar-refractivity contribution in [2.45, 2.75) is 19.3 Å². The van der Waals surface area contributed by atoms with Crippen LogP contribution >= 0.6 is 11.3 Å². The predicted octanol–water partition coefficient (Wildman–Crippen LogP) is 2.75. The molecule has 1 aliphatic rings. The van der Waals surface area contributed by atoms with Gasteiger partial charge in [-0.15, -0.1) is 11.3 Å². The van der Waals surface area contributed by atoms with Gasteiger partial charge in [0.2, 0.25) is 0 Å². The van der Waals surface area contributed by atoms with E-state index in [4.69, 9.17) is 0 Å². The average molecular weight is 275 g/mol. The van der Waals surface area contributed by atoms with E-state index in [1.165, 1.54) is 9.75 Å². The van der Waals surface area contributed by atoms with Crippen LogP contribution < -0.4 is 5.32 Å². The lowest BCUT2D eigenvalue weighted by Gasteiger charge is -2.17.